The summed E-state index contributed by atoms with van der Waals surface area (Å²) in [6.07, 6.45) is 0.848. The van der Waals surface area contributed by atoms with Crippen LogP contribution >= 0.6 is 11.6 Å². The number of rotatable bonds is 7. The van der Waals surface area contributed by atoms with E-state index in [0.29, 0.717) is 16.5 Å². The predicted molar refractivity (Wildman–Crippen MR) is 111 cm³/mol. The molecular weight excluding hydrogens is 394 g/mol. The number of hydrogen-bond acceptors (Lipinski definition) is 5. The number of nitrogens with one attached hydrogen (secondary N) is 4. The van der Waals surface area contributed by atoms with Gasteiger partial charge in [-0.1, -0.05) is 48.0 Å². The number of H-pyrrole nitrogens is 1. The maximum atomic E-state index is 12.4. The molecule has 0 radical (unpaired) electrons. The molecule has 1 atom stereocenters. The highest BCUT2D eigenvalue weighted by atomic mass is 35.5. The van der Waals surface area contributed by atoms with E-state index >= 15 is 0 Å². The van der Waals surface area contributed by atoms with Crippen molar-refractivity contribution in [3.63, 3.8) is 0 Å². The molecule has 2 amide bonds. The van der Waals surface area contributed by atoms with Crippen molar-refractivity contribution >= 4 is 40.8 Å². The third-order valence-electron chi connectivity index (χ3n) is 3.93. The summed E-state index contributed by atoms with van der Waals surface area (Å²) in [5.74, 6) is -0.0682. The number of nitrogens with zero attached hydrogens (tertiary/aromatic N) is 1. The van der Waals surface area contributed by atoms with Gasteiger partial charge in [-0.2, -0.15) is 5.10 Å². The van der Waals surface area contributed by atoms with Crippen LogP contribution in [0.25, 0.3) is 0 Å². The van der Waals surface area contributed by atoms with Crippen LogP contribution in [0.5, 0.6) is 0 Å². The molecular formula is C20H20ClN5O3. The highest BCUT2D eigenvalue weighted by molar-refractivity contribution is 6.30. The molecule has 4 N–H and O–H groups in total. The number of aromatic nitrogens is 2. The molecule has 0 unspecified atom stereocenters. The van der Waals surface area contributed by atoms with E-state index in [1.807, 2.05) is 36.4 Å². The van der Waals surface area contributed by atoms with Crippen molar-refractivity contribution < 1.29 is 14.3 Å². The fraction of sp³-hybridized carbons (Fsp3) is 0.150. The lowest BCUT2D eigenvalue weighted by Crippen LogP contribution is -2.41. The van der Waals surface area contributed by atoms with Crippen molar-refractivity contribution in [3.05, 3.63) is 71.4 Å². The first-order valence-corrected chi connectivity index (χ1v) is 9.23. The number of halogens is 1. The second kappa shape index (κ2) is 9.61. The van der Waals surface area contributed by atoms with Gasteiger partial charge >= 0.3 is 6.09 Å². The molecule has 2 aromatic carbocycles. The fourth-order valence-electron chi connectivity index (χ4n) is 2.44. The largest absolute Gasteiger partial charge is 0.445 e. The molecule has 0 saturated carbocycles. The van der Waals surface area contributed by atoms with Crippen LogP contribution in [0, 0.1) is 0 Å². The maximum absolute atomic E-state index is 12.4. The molecule has 1 aromatic heterocycles. The van der Waals surface area contributed by atoms with Crippen molar-refractivity contribution in [1.29, 1.82) is 0 Å². The van der Waals surface area contributed by atoms with Crippen molar-refractivity contribution in [2.75, 3.05) is 10.6 Å². The smallest absolute Gasteiger partial charge is 0.408 e. The van der Waals surface area contributed by atoms with Gasteiger partial charge in [0.15, 0.2) is 5.82 Å². The van der Waals surface area contributed by atoms with E-state index in [1.54, 1.807) is 25.1 Å². The van der Waals surface area contributed by atoms with Crippen LogP contribution in [0.15, 0.2) is 60.8 Å². The summed E-state index contributed by atoms with van der Waals surface area (Å²) in [5, 5.41) is 15.5. The van der Waals surface area contributed by atoms with Crippen molar-refractivity contribution in [2.24, 2.45) is 0 Å². The summed E-state index contributed by atoms with van der Waals surface area (Å²) in [4.78, 5) is 24.3. The van der Waals surface area contributed by atoms with Gasteiger partial charge in [-0.3, -0.25) is 9.89 Å². The Morgan fingerprint density at radius 1 is 1.17 bits per heavy atom. The molecule has 150 valence electrons. The standard InChI is InChI=1S/C20H20ClN5O3/c1-13(23-20(28)29-12-14-6-3-2-4-7-14)19(27)25-18-17(11-22-26-18)24-16-9-5-8-15(21)10-16/h2-11,13,24H,12H2,1H3,(H,23,28)(H2,22,25,26,27)/t13-/m0/s1. The second-order valence-corrected chi connectivity index (χ2v) is 6.65. The Morgan fingerprint density at radius 3 is 2.72 bits per heavy atom. The Kier molecular flexibility index (Phi) is 6.70. The average molecular weight is 414 g/mol. The molecule has 0 aliphatic heterocycles. The molecule has 3 rings (SSSR count). The van der Waals surface area contributed by atoms with Gasteiger partial charge < -0.3 is 20.7 Å². The van der Waals surface area contributed by atoms with E-state index in [2.05, 4.69) is 26.1 Å². The van der Waals surface area contributed by atoms with Crippen LogP contribution in [-0.2, 0) is 16.1 Å². The third-order valence-corrected chi connectivity index (χ3v) is 4.17. The lowest BCUT2D eigenvalue weighted by molar-refractivity contribution is -0.117. The normalized spacial score (nSPS) is 11.4. The molecule has 0 bridgehead atoms. The maximum Gasteiger partial charge on any atom is 0.408 e. The zero-order valence-corrected chi connectivity index (χ0v) is 16.4. The van der Waals surface area contributed by atoms with Gasteiger partial charge in [0.05, 0.1) is 6.20 Å². The van der Waals surface area contributed by atoms with E-state index in [4.69, 9.17) is 16.3 Å². The number of anilines is 3. The van der Waals surface area contributed by atoms with Crippen molar-refractivity contribution in [3.8, 4) is 0 Å². The molecule has 3 aromatic rings. The summed E-state index contributed by atoms with van der Waals surface area (Å²) in [6.45, 7) is 1.68. The monoisotopic (exact) mass is 413 g/mol. The van der Waals surface area contributed by atoms with Crippen molar-refractivity contribution in [1.82, 2.24) is 15.5 Å². The lowest BCUT2D eigenvalue weighted by Gasteiger charge is -2.14. The van der Waals surface area contributed by atoms with Gasteiger partial charge in [0, 0.05) is 10.7 Å². The minimum Gasteiger partial charge on any atom is -0.445 e. The summed E-state index contributed by atoms with van der Waals surface area (Å²) in [6, 6.07) is 15.6. The lowest BCUT2D eigenvalue weighted by atomic mass is 10.2. The van der Waals surface area contributed by atoms with Crippen LogP contribution in [0.2, 0.25) is 5.02 Å². The number of amides is 2. The minimum absolute atomic E-state index is 0.120. The van der Waals surface area contributed by atoms with Crippen LogP contribution < -0.4 is 16.0 Å². The van der Waals surface area contributed by atoms with Gasteiger partial charge in [-0.05, 0) is 30.7 Å². The Hall–Kier alpha value is -3.52. The molecule has 0 aliphatic rings. The Morgan fingerprint density at radius 2 is 1.97 bits per heavy atom. The molecule has 0 saturated heterocycles. The molecule has 0 aliphatic carbocycles. The zero-order chi connectivity index (χ0) is 20.6. The van der Waals surface area contributed by atoms with Crippen LogP contribution in [-0.4, -0.2) is 28.2 Å². The summed E-state index contributed by atoms with van der Waals surface area (Å²) in [5.41, 5.74) is 2.15. The highest BCUT2D eigenvalue weighted by Gasteiger charge is 2.18. The summed E-state index contributed by atoms with van der Waals surface area (Å²) >= 11 is 5.98. The van der Waals surface area contributed by atoms with Gasteiger partial charge in [-0.15, -0.1) is 0 Å². The van der Waals surface area contributed by atoms with Crippen molar-refractivity contribution in [2.45, 2.75) is 19.6 Å². The first-order chi connectivity index (χ1) is 14.0. The molecule has 1 heterocycles. The summed E-state index contributed by atoms with van der Waals surface area (Å²) < 4.78 is 5.12. The minimum atomic E-state index is -0.819. The zero-order valence-electron chi connectivity index (χ0n) is 15.6. The van der Waals surface area contributed by atoms with E-state index in [1.165, 1.54) is 6.20 Å². The van der Waals surface area contributed by atoms with Gasteiger partial charge in [-0.25, -0.2) is 4.79 Å². The quantitative estimate of drug-likeness (QED) is 0.467. The summed E-state index contributed by atoms with van der Waals surface area (Å²) in [7, 11) is 0. The molecule has 0 fully saturated rings. The first-order valence-electron chi connectivity index (χ1n) is 8.85. The second-order valence-electron chi connectivity index (χ2n) is 6.21. The number of aromatic amines is 1. The number of carbonyl (C=O) groups is 2. The molecule has 0 spiro atoms. The van der Waals surface area contributed by atoms with Gasteiger partial charge in [0.1, 0.15) is 18.3 Å². The number of ether oxygens (including phenoxy) is 1. The number of carbonyl (C=O) groups excluding carboxylic acids is 2. The van der Waals surface area contributed by atoms with Crippen LogP contribution in [0.4, 0.5) is 22.0 Å². The highest BCUT2D eigenvalue weighted by Crippen LogP contribution is 2.24. The number of hydrogen-bond donors (Lipinski definition) is 4. The Bertz CT molecular complexity index is 977. The number of benzene rings is 2. The molecule has 8 nitrogen and oxygen atoms in total. The van der Waals surface area contributed by atoms with Gasteiger partial charge in [0.2, 0.25) is 5.91 Å². The van der Waals surface area contributed by atoms with E-state index in [9.17, 15) is 9.59 Å². The third kappa shape index (κ3) is 5.98. The molecule has 29 heavy (non-hydrogen) atoms. The van der Waals surface area contributed by atoms with Gasteiger partial charge in [0.25, 0.3) is 0 Å². The van der Waals surface area contributed by atoms with E-state index in [-0.39, 0.29) is 6.61 Å². The molecule has 9 heteroatoms. The topological polar surface area (TPSA) is 108 Å². The van der Waals surface area contributed by atoms with E-state index < -0.39 is 18.0 Å². The SMILES string of the molecule is C[C@H](NC(=O)OCc1ccccc1)C(=O)Nc1[nH]ncc1Nc1cccc(Cl)c1. The van der Waals surface area contributed by atoms with E-state index in [0.717, 1.165) is 11.3 Å². The van der Waals surface area contributed by atoms with Crippen LogP contribution in [0.1, 0.15) is 12.5 Å². The fourth-order valence-corrected chi connectivity index (χ4v) is 2.63. The Balaban J connectivity index is 1.52. The van der Waals surface area contributed by atoms with Crippen LogP contribution in [0.3, 0.4) is 0 Å². The predicted octanol–water partition coefficient (Wildman–Crippen LogP) is 4.06. The average Bonchev–Trinajstić information content (AvgIpc) is 3.13. The first kappa shape index (κ1) is 20.2. The number of alkyl carbamates (subject to hydrolysis) is 1. The Labute approximate surface area is 172 Å².